The lowest BCUT2D eigenvalue weighted by atomic mass is 9.87. The average Bonchev–Trinajstić information content (AvgIpc) is 2.46. The van der Waals surface area contributed by atoms with E-state index in [2.05, 4.69) is 37.9 Å². The molecule has 122 valence electrons. The number of aromatic nitrogens is 1. The predicted octanol–water partition coefficient (Wildman–Crippen LogP) is 2.65. The molecule has 0 radical (unpaired) electrons. The molecule has 0 aliphatic carbocycles. The van der Waals surface area contributed by atoms with Gasteiger partial charge < -0.3 is 9.80 Å². The molecule has 0 spiro atoms. The van der Waals surface area contributed by atoms with E-state index in [1.807, 2.05) is 30.1 Å². The summed E-state index contributed by atoms with van der Waals surface area (Å²) >= 11 is 0. The lowest BCUT2D eigenvalue weighted by Gasteiger charge is -2.32. The van der Waals surface area contributed by atoms with E-state index in [1.165, 1.54) is 11.3 Å². The lowest BCUT2D eigenvalue weighted by molar-refractivity contribution is -0.132. The molecule has 0 atom stereocenters. The van der Waals surface area contributed by atoms with Gasteiger partial charge in [0.1, 0.15) is 0 Å². The van der Waals surface area contributed by atoms with Gasteiger partial charge in [0, 0.05) is 30.9 Å². The summed E-state index contributed by atoms with van der Waals surface area (Å²) in [6.45, 7) is 8.82. The van der Waals surface area contributed by atoms with Gasteiger partial charge in [0.05, 0.1) is 6.54 Å². The fourth-order valence-electron chi connectivity index (χ4n) is 2.89. The summed E-state index contributed by atoms with van der Waals surface area (Å²) in [5, 5.41) is 0. The predicted molar refractivity (Wildman–Crippen MR) is 90.0 cm³/mol. The van der Waals surface area contributed by atoms with Crippen molar-refractivity contribution in [2.75, 3.05) is 33.7 Å². The van der Waals surface area contributed by atoms with Crippen LogP contribution in [0.1, 0.15) is 50.8 Å². The monoisotopic (exact) mass is 303 g/mol. The Bertz CT molecular complexity index is 494. The zero-order valence-corrected chi connectivity index (χ0v) is 14.6. The van der Waals surface area contributed by atoms with Gasteiger partial charge in [0.25, 0.3) is 0 Å². The lowest BCUT2D eigenvalue weighted by Crippen LogP contribution is -2.42. The number of hydrogen-bond acceptors (Lipinski definition) is 3. The Kier molecular flexibility index (Phi) is 5.22. The number of nitrogens with zero attached hydrogens (tertiary/aromatic N) is 3. The van der Waals surface area contributed by atoms with Gasteiger partial charge in [-0.05, 0) is 44.0 Å². The molecule has 2 heterocycles. The minimum atomic E-state index is 0.146. The van der Waals surface area contributed by atoms with E-state index in [9.17, 15) is 4.79 Å². The maximum absolute atomic E-state index is 12.1. The molecule has 1 saturated heterocycles. The normalized spacial score (nSPS) is 17.1. The van der Waals surface area contributed by atoms with Gasteiger partial charge >= 0.3 is 0 Å². The minimum absolute atomic E-state index is 0.146. The number of carbonyl (C=O) groups excluding carboxylic acids is 1. The Balaban J connectivity index is 1.93. The number of amides is 1. The van der Waals surface area contributed by atoms with Crippen LogP contribution in [0.15, 0.2) is 18.3 Å². The Morgan fingerprint density at radius 2 is 1.91 bits per heavy atom. The first kappa shape index (κ1) is 16.9. The Morgan fingerprint density at radius 1 is 1.27 bits per heavy atom. The Hall–Kier alpha value is -1.42. The first-order valence-corrected chi connectivity index (χ1v) is 8.16. The molecule has 0 unspecified atom stereocenters. The first-order valence-electron chi connectivity index (χ1n) is 8.16. The van der Waals surface area contributed by atoms with Crippen molar-refractivity contribution in [3.63, 3.8) is 0 Å². The topological polar surface area (TPSA) is 36.4 Å². The standard InChI is InChI=1S/C18H29N3O/c1-18(2,3)15-6-7-16(19-12-15)14-8-10-21(11-9-14)17(22)13-20(4)5/h6-7,12,14H,8-11,13H2,1-5H3. The van der Waals surface area contributed by atoms with Crippen molar-refractivity contribution < 1.29 is 4.79 Å². The van der Waals surface area contributed by atoms with Crippen LogP contribution in [0, 0.1) is 0 Å². The van der Waals surface area contributed by atoms with E-state index in [-0.39, 0.29) is 11.3 Å². The van der Waals surface area contributed by atoms with Crippen LogP contribution >= 0.6 is 0 Å². The van der Waals surface area contributed by atoms with E-state index in [1.54, 1.807) is 0 Å². The number of hydrogen-bond donors (Lipinski definition) is 0. The summed E-state index contributed by atoms with van der Waals surface area (Å²) < 4.78 is 0. The maximum atomic E-state index is 12.1. The smallest absolute Gasteiger partial charge is 0.236 e. The summed E-state index contributed by atoms with van der Waals surface area (Å²) in [6.07, 6.45) is 4.04. The second kappa shape index (κ2) is 6.78. The van der Waals surface area contributed by atoms with Crippen LogP contribution in [0.3, 0.4) is 0 Å². The first-order chi connectivity index (χ1) is 10.3. The molecule has 0 saturated carbocycles. The van der Waals surface area contributed by atoms with Gasteiger partial charge in [-0.3, -0.25) is 9.78 Å². The van der Waals surface area contributed by atoms with Crippen LogP contribution in [0.4, 0.5) is 0 Å². The summed E-state index contributed by atoms with van der Waals surface area (Å²) in [4.78, 5) is 20.7. The van der Waals surface area contributed by atoms with E-state index in [4.69, 9.17) is 0 Å². The number of likely N-dealkylation sites (tertiary alicyclic amines) is 1. The highest BCUT2D eigenvalue weighted by Gasteiger charge is 2.25. The summed E-state index contributed by atoms with van der Waals surface area (Å²) in [5.41, 5.74) is 2.59. The van der Waals surface area contributed by atoms with Crippen LogP contribution in [-0.2, 0) is 10.2 Å². The highest BCUT2D eigenvalue weighted by molar-refractivity contribution is 5.78. The molecule has 4 nitrogen and oxygen atoms in total. The molecule has 1 amide bonds. The summed E-state index contributed by atoms with van der Waals surface area (Å²) in [6, 6.07) is 4.37. The molecule has 1 aliphatic heterocycles. The van der Waals surface area contributed by atoms with Crippen molar-refractivity contribution in [2.24, 2.45) is 0 Å². The zero-order valence-electron chi connectivity index (χ0n) is 14.6. The quantitative estimate of drug-likeness (QED) is 0.861. The summed E-state index contributed by atoms with van der Waals surface area (Å²) in [7, 11) is 3.87. The van der Waals surface area contributed by atoms with Crippen molar-refractivity contribution >= 4 is 5.91 Å². The number of pyridine rings is 1. The highest BCUT2D eigenvalue weighted by Crippen LogP contribution is 2.28. The molecule has 0 N–H and O–H groups in total. The number of carbonyl (C=O) groups is 1. The fourth-order valence-corrected chi connectivity index (χ4v) is 2.89. The average molecular weight is 303 g/mol. The largest absolute Gasteiger partial charge is 0.342 e. The Morgan fingerprint density at radius 3 is 2.36 bits per heavy atom. The van der Waals surface area contributed by atoms with Crippen molar-refractivity contribution in [3.8, 4) is 0 Å². The molecule has 1 fully saturated rings. The molecule has 0 aromatic carbocycles. The van der Waals surface area contributed by atoms with Crippen molar-refractivity contribution in [3.05, 3.63) is 29.6 Å². The Labute approximate surface area is 134 Å². The van der Waals surface area contributed by atoms with Crippen LogP contribution in [0.25, 0.3) is 0 Å². The van der Waals surface area contributed by atoms with E-state index >= 15 is 0 Å². The third kappa shape index (κ3) is 4.29. The molecule has 1 aliphatic rings. The second-order valence-electron chi connectivity index (χ2n) is 7.61. The molecule has 1 aromatic rings. The molecular weight excluding hydrogens is 274 g/mol. The van der Waals surface area contributed by atoms with Gasteiger partial charge in [-0.15, -0.1) is 0 Å². The van der Waals surface area contributed by atoms with E-state index in [0.717, 1.165) is 25.9 Å². The molecule has 22 heavy (non-hydrogen) atoms. The fraction of sp³-hybridized carbons (Fsp3) is 0.667. The third-order valence-electron chi connectivity index (χ3n) is 4.37. The zero-order chi connectivity index (χ0) is 16.3. The van der Waals surface area contributed by atoms with E-state index < -0.39 is 0 Å². The van der Waals surface area contributed by atoms with Crippen LogP contribution in [0.5, 0.6) is 0 Å². The van der Waals surface area contributed by atoms with Gasteiger partial charge in [-0.25, -0.2) is 0 Å². The number of piperidine rings is 1. The SMILES string of the molecule is CN(C)CC(=O)N1CCC(c2ccc(C(C)(C)C)cn2)CC1. The second-order valence-corrected chi connectivity index (χ2v) is 7.61. The maximum Gasteiger partial charge on any atom is 0.236 e. The highest BCUT2D eigenvalue weighted by atomic mass is 16.2. The van der Waals surface area contributed by atoms with Gasteiger partial charge in [-0.1, -0.05) is 26.8 Å². The minimum Gasteiger partial charge on any atom is -0.342 e. The van der Waals surface area contributed by atoms with Crippen molar-refractivity contribution in [2.45, 2.75) is 44.9 Å². The van der Waals surface area contributed by atoms with E-state index in [0.29, 0.717) is 12.5 Å². The van der Waals surface area contributed by atoms with Crippen LogP contribution in [-0.4, -0.2) is 54.4 Å². The van der Waals surface area contributed by atoms with Gasteiger partial charge in [-0.2, -0.15) is 0 Å². The molecule has 4 heteroatoms. The molecular formula is C18H29N3O. The molecule has 1 aromatic heterocycles. The van der Waals surface area contributed by atoms with Crippen LogP contribution < -0.4 is 0 Å². The third-order valence-corrected chi connectivity index (χ3v) is 4.37. The number of likely N-dealkylation sites (N-methyl/N-ethyl adjacent to an activating group) is 1. The van der Waals surface area contributed by atoms with Crippen LogP contribution in [0.2, 0.25) is 0 Å². The van der Waals surface area contributed by atoms with Gasteiger partial charge in [0.15, 0.2) is 0 Å². The van der Waals surface area contributed by atoms with Crippen molar-refractivity contribution in [1.82, 2.24) is 14.8 Å². The van der Waals surface area contributed by atoms with Crippen molar-refractivity contribution in [1.29, 1.82) is 0 Å². The molecule has 0 bridgehead atoms. The number of rotatable bonds is 3. The van der Waals surface area contributed by atoms with Gasteiger partial charge in [0.2, 0.25) is 5.91 Å². The molecule has 2 rings (SSSR count). The summed E-state index contributed by atoms with van der Waals surface area (Å²) in [5.74, 6) is 0.719.